The summed E-state index contributed by atoms with van der Waals surface area (Å²) < 4.78 is 13.2. The monoisotopic (exact) mass is 323 g/mol. The normalized spacial score (nSPS) is 21.9. The second kappa shape index (κ2) is 9.03. The first-order chi connectivity index (χ1) is 10.7. The second-order valence-corrected chi connectivity index (χ2v) is 6.79. The molecule has 0 spiro atoms. The lowest BCUT2D eigenvalue weighted by atomic mass is 10.1. The molecule has 0 amide bonds. The SMILES string of the molecule is CCNC(=NCCc1cccc(F)c1)NC1CCC(SC)C1. The maximum Gasteiger partial charge on any atom is 0.191 e. The number of guanidine groups is 1. The lowest BCUT2D eigenvalue weighted by Gasteiger charge is -2.17. The fourth-order valence-corrected chi connectivity index (χ4v) is 3.58. The molecule has 22 heavy (non-hydrogen) atoms. The molecule has 0 bridgehead atoms. The Labute approximate surface area is 137 Å². The Kier molecular flexibility index (Phi) is 7.03. The third-order valence-electron chi connectivity index (χ3n) is 3.96. The summed E-state index contributed by atoms with van der Waals surface area (Å²) in [5.41, 5.74) is 0.989. The van der Waals surface area contributed by atoms with E-state index < -0.39 is 0 Å². The maximum absolute atomic E-state index is 13.2. The third kappa shape index (κ3) is 5.52. The maximum atomic E-state index is 13.2. The molecule has 0 aliphatic heterocycles. The summed E-state index contributed by atoms with van der Waals surface area (Å²) >= 11 is 1.96. The minimum atomic E-state index is -0.180. The zero-order valence-electron chi connectivity index (χ0n) is 13.4. The smallest absolute Gasteiger partial charge is 0.191 e. The van der Waals surface area contributed by atoms with Crippen molar-refractivity contribution in [1.82, 2.24) is 10.6 Å². The Morgan fingerprint density at radius 2 is 2.27 bits per heavy atom. The zero-order valence-corrected chi connectivity index (χ0v) is 14.3. The molecule has 1 aromatic rings. The minimum Gasteiger partial charge on any atom is -0.357 e. The van der Waals surface area contributed by atoms with E-state index >= 15 is 0 Å². The molecule has 2 rings (SSSR count). The van der Waals surface area contributed by atoms with Gasteiger partial charge in [-0.2, -0.15) is 11.8 Å². The first-order valence-electron chi connectivity index (χ1n) is 8.03. The van der Waals surface area contributed by atoms with E-state index in [0.717, 1.165) is 29.7 Å². The summed E-state index contributed by atoms with van der Waals surface area (Å²) in [6, 6.07) is 7.26. The summed E-state index contributed by atoms with van der Waals surface area (Å²) in [5.74, 6) is 0.700. The summed E-state index contributed by atoms with van der Waals surface area (Å²) in [6.07, 6.45) is 6.63. The summed E-state index contributed by atoms with van der Waals surface area (Å²) in [4.78, 5) is 4.62. The van der Waals surface area contributed by atoms with Crippen LogP contribution >= 0.6 is 11.8 Å². The minimum absolute atomic E-state index is 0.180. The third-order valence-corrected chi connectivity index (χ3v) is 5.06. The first-order valence-corrected chi connectivity index (χ1v) is 9.32. The molecule has 1 aliphatic rings. The zero-order chi connectivity index (χ0) is 15.8. The van der Waals surface area contributed by atoms with Crippen LogP contribution in [0.1, 0.15) is 31.7 Å². The lowest BCUT2D eigenvalue weighted by molar-refractivity contribution is 0.614. The topological polar surface area (TPSA) is 36.4 Å². The number of hydrogen-bond donors (Lipinski definition) is 2. The standard InChI is InChI=1S/C17H26FN3S/c1-3-19-17(21-15-7-8-16(12-15)22-2)20-10-9-13-5-4-6-14(18)11-13/h4-6,11,15-16H,3,7-10,12H2,1-2H3,(H2,19,20,21). The van der Waals surface area contributed by atoms with Crippen molar-refractivity contribution in [3.8, 4) is 0 Å². The van der Waals surface area contributed by atoms with E-state index in [1.165, 1.54) is 25.3 Å². The van der Waals surface area contributed by atoms with Crippen LogP contribution in [0.5, 0.6) is 0 Å². The lowest BCUT2D eigenvalue weighted by Crippen LogP contribution is -2.42. The van der Waals surface area contributed by atoms with Crippen molar-refractivity contribution in [3.63, 3.8) is 0 Å². The molecule has 1 fully saturated rings. The molecule has 1 aromatic carbocycles. The largest absolute Gasteiger partial charge is 0.357 e. The predicted octanol–water partition coefficient (Wildman–Crippen LogP) is 3.21. The van der Waals surface area contributed by atoms with Gasteiger partial charge in [0.15, 0.2) is 5.96 Å². The van der Waals surface area contributed by atoms with Gasteiger partial charge in [-0.25, -0.2) is 4.39 Å². The molecule has 1 aliphatic carbocycles. The predicted molar refractivity (Wildman–Crippen MR) is 94.2 cm³/mol. The number of halogens is 1. The Hall–Kier alpha value is -1.23. The van der Waals surface area contributed by atoms with Crippen LogP contribution in [0.4, 0.5) is 4.39 Å². The molecular formula is C17H26FN3S. The highest BCUT2D eigenvalue weighted by Gasteiger charge is 2.24. The Balaban J connectivity index is 1.84. The van der Waals surface area contributed by atoms with Crippen LogP contribution in [-0.2, 0) is 6.42 Å². The van der Waals surface area contributed by atoms with Crippen molar-refractivity contribution in [2.45, 2.75) is 43.9 Å². The number of hydrogen-bond acceptors (Lipinski definition) is 2. The summed E-state index contributed by atoms with van der Waals surface area (Å²) in [6.45, 7) is 3.59. The highest BCUT2D eigenvalue weighted by molar-refractivity contribution is 7.99. The van der Waals surface area contributed by atoms with E-state index in [4.69, 9.17) is 0 Å². The van der Waals surface area contributed by atoms with Gasteiger partial charge in [-0.3, -0.25) is 4.99 Å². The van der Waals surface area contributed by atoms with Gasteiger partial charge >= 0.3 is 0 Å². The number of nitrogens with zero attached hydrogens (tertiary/aromatic N) is 1. The van der Waals surface area contributed by atoms with Gasteiger partial charge in [-0.1, -0.05) is 12.1 Å². The van der Waals surface area contributed by atoms with Crippen LogP contribution in [0, 0.1) is 5.82 Å². The van der Waals surface area contributed by atoms with Crippen molar-refractivity contribution in [3.05, 3.63) is 35.6 Å². The van der Waals surface area contributed by atoms with Gasteiger partial charge in [-0.15, -0.1) is 0 Å². The molecule has 5 heteroatoms. The first kappa shape index (κ1) is 17.1. The van der Waals surface area contributed by atoms with Crippen LogP contribution in [0.3, 0.4) is 0 Å². The molecule has 2 atom stereocenters. The van der Waals surface area contributed by atoms with Gasteiger partial charge in [0.1, 0.15) is 5.82 Å². The van der Waals surface area contributed by atoms with Crippen LogP contribution in [0.15, 0.2) is 29.3 Å². The Morgan fingerprint density at radius 1 is 1.41 bits per heavy atom. The van der Waals surface area contributed by atoms with E-state index in [0.29, 0.717) is 12.6 Å². The number of thioether (sulfide) groups is 1. The molecule has 2 N–H and O–H groups in total. The highest BCUT2D eigenvalue weighted by atomic mass is 32.2. The number of rotatable bonds is 6. The van der Waals surface area contributed by atoms with E-state index in [1.54, 1.807) is 12.1 Å². The number of benzene rings is 1. The van der Waals surface area contributed by atoms with Crippen molar-refractivity contribution in [2.75, 3.05) is 19.3 Å². The van der Waals surface area contributed by atoms with Crippen LogP contribution in [0.2, 0.25) is 0 Å². The van der Waals surface area contributed by atoms with Gasteiger partial charge in [0, 0.05) is 24.4 Å². The average Bonchev–Trinajstić information content (AvgIpc) is 2.95. The van der Waals surface area contributed by atoms with Gasteiger partial charge in [-0.05, 0) is 56.6 Å². The van der Waals surface area contributed by atoms with Gasteiger partial charge in [0.05, 0.1) is 0 Å². The van der Waals surface area contributed by atoms with Crippen LogP contribution in [0.25, 0.3) is 0 Å². The molecule has 2 unspecified atom stereocenters. The molecule has 0 saturated heterocycles. The van der Waals surface area contributed by atoms with Gasteiger partial charge < -0.3 is 10.6 Å². The fourth-order valence-electron chi connectivity index (χ4n) is 2.79. The molecular weight excluding hydrogens is 297 g/mol. The number of nitrogens with one attached hydrogen (secondary N) is 2. The highest BCUT2D eigenvalue weighted by Crippen LogP contribution is 2.27. The van der Waals surface area contributed by atoms with Crippen LogP contribution < -0.4 is 10.6 Å². The van der Waals surface area contributed by atoms with E-state index in [-0.39, 0.29) is 5.82 Å². The Bertz CT molecular complexity index is 493. The van der Waals surface area contributed by atoms with E-state index in [2.05, 4.69) is 28.8 Å². The molecule has 3 nitrogen and oxygen atoms in total. The van der Waals surface area contributed by atoms with Crippen molar-refractivity contribution in [2.24, 2.45) is 4.99 Å². The Morgan fingerprint density at radius 3 is 2.95 bits per heavy atom. The second-order valence-electron chi connectivity index (χ2n) is 5.65. The molecule has 1 saturated carbocycles. The molecule has 122 valence electrons. The fraction of sp³-hybridized carbons (Fsp3) is 0.588. The summed E-state index contributed by atoms with van der Waals surface area (Å²) in [7, 11) is 0. The quantitative estimate of drug-likeness (QED) is 0.623. The van der Waals surface area contributed by atoms with Crippen molar-refractivity contribution >= 4 is 17.7 Å². The van der Waals surface area contributed by atoms with Gasteiger partial charge in [0.2, 0.25) is 0 Å². The van der Waals surface area contributed by atoms with Crippen LogP contribution in [-0.4, -0.2) is 36.6 Å². The van der Waals surface area contributed by atoms with E-state index in [1.807, 2.05) is 17.8 Å². The van der Waals surface area contributed by atoms with Crippen molar-refractivity contribution in [1.29, 1.82) is 0 Å². The molecule has 0 heterocycles. The number of aliphatic imine (C=N–C) groups is 1. The van der Waals surface area contributed by atoms with Crippen molar-refractivity contribution < 1.29 is 4.39 Å². The average molecular weight is 323 g/mol. The molecule has 0 radical (unpaired) electrons. The van der Waals surface area contributed by atoms with Gasteiger partial charge in [0.25, 0.3) is 0 Å². The van der Waals surface area contributed by atoms with E-state index in [9.17, 15) is 4.39 Å². The summed E-state index contributed by atoms with van der Waals surface area (Å²) in [5, 5.41) is 7.60. The molecule has 0 aromatic heterocycles.